The minimum atomic E-state index is -0.460. The van der Waals surface area contributed by atoms with Crippen LogP contribution in [0.4, 0.5) is 0 Å². The summed E-state index contributed by atoms with van der Waals surface area (Å²) in [6.45, 7) is 1.05. The topological polar surface area (TPSA) is 76.4 Å². The van der Waals surface area contributed by atoms with Crippen molar-refractivity contribution in [2.24, 2.45) is 0 Å². The number of rotatable bonds is 8. The molecule has 1 amide bonds. The number of benzene rings is 2. The lowest BCUT2D eigenvalue weighted by atomic mass is 10.2. The third-order valence-electron chi connectivity index (χ3n) is 3.66. The molecule has 2 aromatic carbocycles. The highest BCUT2D eigenvalue weighted by atomic mass is 35.5. The van der Waals surface area contributed by atoms with E-state index >= 15 is 0 Å². The highest BCUT2D eigenvalue weighted by Crippen LogP contribution is 2.10. The number of hydrogen-bond acceptors (Lipinski definition) is 4. The number of amides is 1. The van der Waals surface area contributed by atoms with Crippen molar-refractivity contribution in [2.45, 2.75) is 13.1 Å². The first kappa shape index (κ1) is 19.5. The van der Waals surface area contributed by atoms with Gasteiger partial charge in [-0.15, -0.1) is 0 Å². The lowest BCUT2D eigenvalue weighted by Gasteiger charge is -2.20. The lowest BCUT2D eigenvalue weighted by Crippen LogP contribution is -2.27. The van der Waals surface area contributed by atoms with Crippen LogP contribution in [0.3, 0.4) is 0 Å². The highest BCUT2D eigenvalue weighted by molar-refractivity contribution is 6.30. The van der Waals surface area contributed by atoms with Crippen LogP contribution >= 0.6 is 11.6 Å². The average molecular weight is 370 g/mol. The van der Waals surface area contributed by atoms with Gasteiger partial charge in [0.25, 0.3) is 5.91 Å². The van der Waals surface area contributed by atoms with E-state index in [-0.39, 0.29) is 12.2 Å². The third-order valence-corrected chi connectivity index (χ3v) is 3.91. The van der Waals surface area contributed by atoms with Gasteiger partial charge in [0.05, 0.1) is 6.61 Å². The number of aliphatic hydroxyl groups is 1. The molecule has 26 heavy (non-hydrogen) atoms. The van der Waals surface area contributed by atoms with Gasteiger partial charge in [-0.3, -0.25) is 4.79 Å². The third kappa shape index (κ3) is 6.25. The second-order valence-corrected chi connectivity index (χ2v) is 6.08. The van der Waals surface area contributed by atoms with Crippen LogP contribution in [0.2, 0.25) is 5.02 Å². The second-order valence-electron chi connectivity index (χ2n) is 5.64. The zero-order valence-electron chi connectivity index (χ0n) is 14.2. The first-order valence-corrected chi connectivity index (χ1v) is 8.53. The van der Waals surface area contributed by atoms with Crippen LogP contribution in [0, 0.1) is 11.3 Å². The van der Waals surface area contributed by atoms with E-state index in [0.717, 1.165) is 11.1 Å². The fourth-order valence-corrected chi connectivity index (χ4v) is 2.46. The van der Waals surface area contributed by atoms with Crippen molar-refractivity contribution in [2.75, 3.05) is 13.2 Å². The summed E-state index contributed by atoms with van der Waals surface area (Å²) in [4.78, 5) is 14.0. The minimum Gasteiger partial charge on any atom is -0.395 e. The quantitative estimate of drug-likeness (QED) is 0.554. The molecule has 0 atom stereocenters. The van der Waals surface area contributed by atoms with Crippen LogP contribution < -0.4 is 5.32 Å². The van der Waals surface area contributed by atoms with E-state index in [1.807, 2.05) is 48.5 Å². The number of carbonyl (C=O) groups excluding carboxylic acids is 1. The van der Waals surface area contributed by atoms with Gasteiger partial charge in [0.1, 0.15) is 11.6 Å². The van der Waals surface area contributed by atoms with Gasteiger partial charge in [0, 0.05) is 30.9 Å². The fraction of sp³-hybridized carbons (Fsp3) is 0.200. The Morgan fingerprint density at radius 1 is 1.15 bits per heavy atom. The summed E-state index contributed by atoms with van der Waals surface area (Å²) in [6, 6.07) is 18.7. The Hall–Kier alpha value is -2.81. The van der Waals surface area contributed by atoms with Crippen molar-refractivity contribution in [1.82, 2.24) is 10.2 Å². The number of aliphatic hydroxyl groups excluding tert-OH is 1. The standard InChI is InChI=1S/C20H20ClN3O2/c21-19-8-6-16(7-9-19)13-23-20(26)18(12-22)15-24(10-11-25)14-17-4-2-1-3-5-17/h1-9,15,25H,10-11,13-14H2,(H,23,26)/b18-15-. The summed E-state index contributed by atoms with van der Waals surface area (Å²) in [5, 5.41) is 21.9. The first-order chi connectivity index (χ1) is 12.6. The molecule has 0 fully saturated rings. The molecule has 2 N–H and O–H groups in total. The van der Waals surface area contributed by atoms with E-state index in [1.54, 1.807) is 17.0 Å². The highest BCUT2D eigenvalue weighted by Gasteiger charge is 2.11. The maximum Gasteiger partial charge on any atom is 0.263 e. The minimum absolute atomic E-state index is 0.0108. The summed E-state index contributed by atoms with van der Waals surface area (Å²) in [6.07, 6.45) is 1.49. The summed E-state index contributed by atoms with van der Waals surface area (Å²) >= 11 is 5.84. The molecular formula is C20H20ClN3O2. The molecule has 0 bridgehead atoms. The maximum atomic E-state index is 12.3. The largest absolute Gasteiger partial charge is 0.395 e. The van der Waals surface area contributed by atoms with E-state index in [0.29, 0.717) is 24.7 Å². The summed E-state index contributed by atoms with van der Waals surface area (Å²) in [7, 11) is 0. The van der Waals surface area contributed by atoms with Crippen molar-refractivity contribution in [3.05, 3.63) is 82.5 Å². The van der Waals surface area contributed by atoms with Gasteiger partial charge >= 0.3 is 0 Å². The van der Waals surface area contributed by atoms with Gasteiger partial charge in [0.15, 0.2) is 0 Å². The predicted octanol–water partition coefficient (Wildman–Crippen LogP) is 2.86. The summed E-state index contributed by atoms with van der Waals surface area (Å²) < 4.78 is 0. The van der Waals surface area contributed by atoms with Gasteiger partial charge in [0.2, 0.25) is 0 Å². The van der Waals surface area contributed by atoms with Crippen molar-refractivity contribution < 1.29 is 9.90 Å². The Balaban J connectivity index is 2.03. The molecule has 0 radical (unpaired) electrons. The fourth-order valence-electron chi connectivity index (χ4n) is 2.34. The molecule has 6 heteroatoms. The van der Waals surface area contributed by atoms with Gasteiger partial charge in [-0.2, -0.15) is 5.26 Å². The van der Waals surface area contributed by atoms with E-state index in [9.17, 15) is 15.2 Å². The van der Waals surface area contributed by atoms with Crippen LogP contribution in [-0.4, -0.2) is 29.1 Å². The van der Waals surface area contributed by atoms with E-state index < -0.39 is 5.91 Å². The van der Waals surface area contributed by atoms with Crippen molar-refractivity contribution in [3.8, 4) is 6.07 Å². The van der Waals surface area contributed by atoms with Crippen molar-refractivity contribution in [3.63, 3.8) is 0 Å². The predicted molar refractivity (Wildman–Crippen MR) is 101 cm³/mol. The first-order valence-electron chi connectivity index (χ1n) is 8.15. The molecule has 0 saturated carbocycles. The molecule has 5 nitrogen and oxygen atoms in total. The molecule has 0 spiro atoms. The molecule has 134 valence electrons. The van der Waals surface area contributed by atoms with Crippen molar-refractivity contribution >= 4 is 17.5 Å². The van der Waals surface area contributed by atoms with E-state index in [4.69, 9.17) is 11.6 Å². The van der Waals surface area contributed by atoms with Gasteiger partial charge < -0.3 is 15.3 Å². The average Bonchev–Trinajstić information content (AvgIpc) is 2.66. The number of nitriles is 1. The molecule has 2 rings (SSSR count). The zero-order chi connectivity index (χ0) is 18.8. The Labute approximate surface area is 158 Å². The molecule has 2 aromatic rings. The van der Waals surface area contributed by atoms with E-state index in [1.165, 1.54) is 6.20 Å². The van der Waals surface area contributed by atoms with E-state index in [2.05, 4.69) is 5.32 Å². The Morgan fingerprint density at radius 3 is 2.46 bits per heavy atom. The number of halogens is 1. The molecule has 0 heterocycles. The molecule has 0 aliphatic carbocycles. The Morgan fingerprint density at radius 2 is 1.85 bits per heavy atom. The number of carbonyl (C=O) groups is 1. The van der Waals surface area contributed by atoms with Crippen LogP contribution in [-0.2, 0) is 17.9 Å². The Bertz CT molecular complexity index is 783. The summed E-state index contributed by atoms with van der Waals surface area (Å²) in [5.41, 5.74) is 1.90. The number of hydrogen-bond donors (Lipinski definition) is 2. The lowest BCUT2D eigenvalue weighted by molar-refractivity contribution is -0.117. The number of nitrogens with one attached hydrogen (secondary N) is 1. The molecule has 0 unspecified atom stereocenters. The van der Waals surface area contributed by atoms with Gasteiger partial charge in [-0.05, 0) is 23.3 Å². The molecule has 0 aliphatic heterocycles. The molecular weight excluding hydrogens is 350 g/mol. The molecule has 0 aliphatic rings. The van der Waals surface area contributed by atoms with Crippen molar-refractivity contribution in [1.29, 1.82) is 5.26 Å². The van der Waals surface area contributed by atoms with Crippen LogP contribution in [0.1, 0.15) is 11.1 Å². The molecule has 0 saturated heterocycles. The van der Waals surface area contributed by atoms with Crippen LogP contribution in [0.25, 0.3) is 0 Å². The SMILES string of the molecule is N#C/C(=C/N(CCO)Cc1ccccc1)C(=O)NCc1ccc(Cl)cc1. The van der Waals surface area contributed by atoms with Crippen LogP contribution in [0.15, 0.2) is 66.4 Å². The van der Waals surface area contributed by atoms with Crippen LogP contribution in [0.5, 0.6) is 0 Å². The molecule has 0 aromatic heterocycles. The summed E-state index contributed by atoms with van der Waals surface area (Å²) in [5.74, 6) is -0.460. The monoisotopic (exact) mass is 369 g/mol. The second kappa shape index (κ2) is 10.2. The number of nitrogens with zero attached hydrogens (tertiary/aromatic N) is 2. The maximum absolute atomic E-state index is 12.3. The normalized spacial score (nSPS) is 10.9. The van der Waals surface area contributed by atoms with Gasteiger partial charge in [-0.25, -0.2) is 0 Å². The Kier molecular flexibility index (Phi) is 7.69. The smallest absolute Gasteiger partial charge is 0.263 e. The zero-order valence-corrected chi connectivity index (χ0v) is 15.0. The van der Waals surface area contributed by atoms with Gasteiger partial charge in [-0.1, -0.05) is 54.1 Å².